The highest BCUT2D eigenvalue weighted by atomic mass is 35.5. The standard InChI is InChI=1S/C28H29ClN2O2/c1-18-13-14-21(27(2,3)19-9-5-4-6-10-19)23(15-18)33-26(32)25-24(28(25,16-30)17-31)20-11-7-8-12-22(20)29/h4-12,18,21,23-25H,13-15H2,1-3H3/t18-,21-,23-,24-,25+/m1/s1. The van der Waals surface area contributed by atoms with Gasteiger partial charge in [-0.3, -0.25) is 4.79 Å². The van der Waals surface area contributed by atoms with E-state index >= 15 is 0 Å². The van der Waals surface area contributed by atoms with Crippen LogP contribution in [0.3, 0.4) is 0 Å². The van der Waals surface area contributed by atoms with Gasteiger partial charge in [-0.15, -0.1) is 0 Å². The molecule has 2 fully saturated rings. The van der Waals surface area contributed by atoms with Crippen LogP contribution in [0.4, 0.5) is 0 Å². The van der Waals surface area contributed by atoms with Crippen LogP contribution in [0.5, 0.6) is 0 Å². The van der Waals surface area contributed by atoms with Gasteiger partial charge in [-0.25, -0.2) is 0 Å². The Morgan fingerprint density at radius 1 is 1.06 bits per heavy atom. The fourth-order valence-corrected chi connectivity index (χ4v) is 6.01. The van der Waals surface area contributed by atoms with Crippen LogP contribution in [0.15, 0.2) is 54.6 Å². The van der Waals surface area contributed by atoms with Crippen LogP contribution >= 0.6 is 11.6 Å². The second-order valence-electron chi connectivity index (χ2n) is 10.2. The number of benzene rings is 2. The molecule has 2 aliphatic rings. The third-order valence-electron chi connectivity index (χ3n) is 7.84. The molecule has 2 aromatic carbocycles. The van der Waals surface area contributed by atoms with Crippen LogP contribution in [0.25, 0.3) is 0 Å². The van der Waals surface area contributed by atoms with E-state index in [9.17, 15) is 15.3 Å². The molecule has 0 radical (unpaired) electrons. The number of rotatable bonds is 5. The van der Waals surface area contributed by atoms with Crippen LogP contribution in [-0.4, -0.2) is 12.1 Å². The Labute approximate surface area is 201 Å². The monoisotopic (exact) mass is 460 g/mol. The van der Waals surface area contributed by atoms with Gasteiger partial charge >= 0.3 is 5.97 Å². The van der Waals surface area contributed by atoms with Gasteiger partial charge in [-0.05, 0) is 41.4 Å². The highest BCUT2D eigenvalue weighted by molar-refractivity contribution is 6.31. The summed E-state index contributed by atoms with van der Waals surface area (Å²) in [6.45, 7) is 6.61. The van der Waals surface area contributed by atoms with E-state index in [4.69, 9.17) is 16.3 Å². The fraction of sp³-hybridized carbons (Fsp3) is 0.464. The number of hydrogen-bond donors (Lipinski definition) is 0. The maximum absolute atomic E-state index is 13.5. The first-order chi connectivity index (χ1) is 15.8. The molecule has 2 saturated carbocycles. The summed E-state index contributed by atoms with van der Waals surface area (Å²) in [5.74, 6) is -1.27. The number of esters is 1. The molecule has 2 aromatic rings. The van der Waals surface area contributed by atoms with Crippen molar-refractivity contribution < 1.29 is 9.53 Å². The predicted molar refractivity (Wildman–Crippen MR) is 127 cm³/mol. The number of halogens is 1. The van der Waals surface area contributed by atoms with Gasteiger partial charge in [0.2, 0.25) is 0 Å². The molecule has 0 N–H and O–H groups in total. The lowest BCUT2D eigenvalue weighted by molar-refractivity contribution is -0.158. The topological polar surface area (TPSA) is 73.9 Å². The molecule has 0 bridgehead atoms. The molecule has 0 saturated heterocycles. The van der Waals surface area contributed by atoms with Crippen molar-refractivity contribution in [3.05, 3.63) is 70.7 Å². The minimum absolute atomic E-state index is 0.149. The summed E-state index contributed by atoms with van der Waals surface area (Å²) in [6.07, 6.45) is 2.56. The molecule has 0 aromatic heterocycles. The van der Waals surface area contributed by atoms with E-state index in [0.29, 0.717) is 16.5 Å². The Hall–Kier alpha value is -2.82. The molecular weight excluding hydrogens is 432 g/mol. The van der Waals surface area contributed by atoms with Gasteiger partial charge in [0.05, 0.1) is 18.1 Å². The fourth-order valence-electron chi connectivity index (χ4n) is 5.75. The molecule has 4 rings (SSSR count). The highest BCUT2D eigenvalue weighted by Gasteiger charge is 2.72. The molecule has 2 aliphatic carbocycles. The first-order valence-corrected chi connectivity index (χ1v) is 12.0. The molecule has 0 heterocycles. The Balaban J connectivity index is 1.61. The second-order valence-corrected chi connectivity index (χ2v) is 10.6. The molecular formula is C28H29ClN2O2. The maximum Gasteiger partial charge on any atom is 0.312 e. The van der Waals surface area contributed by atoms with Crippen LogP contribution in [0.1, 0.15) is 57.1 Å². The summed E-state index contributed by atoms with van der Waals surface area (Å²) in [5.41, 5.74) is 0.253. The molecule has 5 atom stereocenters. The smallest absolute Gasteiger partial charge is 0.312 e. The van der Waals surface area contributed by atoms with Crippen molar-refractivity contribution in [1.29, 1.82) is 10.5 Å². The second kappa shape index (κ2) is 8.85. The zero-order chi connectivity index (χ0) is 23.8. The number of nitrogens with zero attached hydrogens (tertiary/aromatic N) is 2. The van der Waals surface area contributed by atoms with Gasteiger partial charge in [-0.2, -0.15) is 10.5 Å². The molecule has 0 spiro atoms. The molecule has 33 heavy (non-hydrogen) atoms. The summed E-state index contributed by atoms with van der Waals surface area (Å²) >= 11 is 6.36. The van der Waals surface area contributed by atoms with Crippen molar-refractivity contribution in [2.24, 2.45) is 23.2 Å². The lowest BCUT2D eigenvalue weighted by Crippen LogP contribution is -2.43. The highest BCUT2D eigenvalue weighted by Crippen LogP contribution is 2.66. The largest absolute Gasteiger partial charge is 0.462 e. The zero-order valence-electron chi connectivity index (χ0n) is 19.3. The first-order valence-electron chi connectivity index (χ1n) is 11.6. The molecule has 170 valence electrons. The summed E-state index contributed by atoms with van der Waals surface area (Å²) in [5, 5.41) is 20.2. The van der Waals surface area contributed by atoms with E-state index in [1.165, 1.54) is 5.56 Å². The van der Waals surface area contributed by atoms with E-state index < -0.39 is 23.2 Å². The number of hydrogen-bond acceptors (Lipinski definition) is 4. The van der Waals surface area contributed by atoms with Crippen molar-refractivity contribution in [2.45, 2.75) is 57.5 Å². The summed E-state index contributed by atoms with van der Waals surface area (Å²) in [7, 11) is 0. The Morgan fingerprint density at radius 3 is 2.33 bits per heavy atom. The van der Waals surface area contributed by atoms with Crippen molar-refractivity contribution >= 4 is 17.6 Å². The summed E-state index contributed by atoms with van der Waals surface area (Å²) < 4.78 is 6.17. The van der Waals surface area contributed by atoms with Crippen LogP contribution in [0.2, 0.25) is 5.02 Å². The third kappa shape index (κ3) is 4.03. The van der Waals surface area contributed by atoms with Crippen molar-refractivity contribution in [2.75, 3.05) is 0 Å². The van der Waals surface area contributed by atoms with Crippen LogP contribution in [0, 0.1) is 45.8 Å². The van der Waals surface area contributed by atoms with Gasteiger partial charge in [-0.1, -0.05) is 87.3 Å². The lowest BCUT2D eigenvalue weighted by atomic mass is 9.64. The van der Waals surface area contributed by atoms with E-state index in [2.05, 4.69) is 45.0 Å². The van der Waals surface area contributed by atoms with Gasteiger partial charge in [0, 0.05) is 16.9 Å². The molecule has 0 aliphatic heterocycles. The number of carbonyl (C=O) groups excluding carboxylic acids is 1. The average molecular weight is 461 g/mol. The number of ether oxygens (including phenoxy) is 1. The Bertz CT molecular complexity index is 1100. The van der Waals surface area contributed by atoms with Crippen LogP contribution in [-0.2, 0) is 14.9 Å². The normalized spacial score (nSPS) is 28.2. The van der Waals surface area contributed by atoms with Gasteiger partial charge in [0.25, 0.3) is 0 Å². The minimum Gasteiger partial charge on any atom is -0.462 e. The van der Waals surface area contributed by atoms with Crippen molar-refractivity contribution in [1.82, 2.24) is 0 Å². The lowest BCUT2D eigenvalue weighted by Gasteiger charge is -2.44. The van der Waals surface area contributed by atoms with Gasteiger partial charge in [0.1, 0.15) is 6.10 Å². The van der Waals surface area contributed by atoms with Crippen molar-refractivity contribution in [3.8, 4) is 12.1 Å². The Kier molecular flexibility index (Phi) is 6.26. The zero-order valence-corrected chi connectivity index (χ0v) is 20.0. The van der Waals surface area contributed by atoms with E-state index in [0.717, 1.165) is 19.3 Å². The van der Waals surface area contributed by atoms with E-state index in [1.54, 1.807) is 18.2 Å². The molecule has 5 heteroatoms. The summed E-state index contributed by atoms with van der Waals surface area (Å²) in [4.78, 5) is 13.5. The number of nitriles is 2. The average Bonchev–Trinajstić information content (AvgIpc) is 3.49. The minimum atomic E-state index is -1.44. The first kappa shape index (κ1) is 23.3. The quantitative estimate of drug-likeness (QED) is 0.483. The van der Waals surface area contributed by atoms with Gasteiger partial charge in [0.15, 0.2) is 5.41 Å². The molecule has 0 unspecified atom stereocenters. The third-order valence-corrected chi connectivity index (χ3v) is 8.18. The Morgan fingerprint density at radius 2 is 1.70 bits per heavy atom. The SMILES string of the molecule is C[C@@H]1CC[C@@H](C(C)(C)c2ccccc2)[C@H](OC(=O)[C@@H]2[C@@H](c3ccccc3Cl)C2(C#N)C#N)C1. The van der Waals surface area contributed by atoms with E-state index in [1.807, 2.05) is 24.3 Å². The molecule has 4 nitrogen and oxygen atoms in total. The van der Waals surface area contributed by atoms with Crippen LogP contribution < -0.4 is 0 Å². The molecule has 0 amide bonds. The van der Waals surface area contributed by atoms with Gasteiger partial charge < -0.3 is 4.74 Å². The number of carbonyl (C=O) groups is 1. The summed E-state index contributed by atoms with van der Waals surface area (Å²) in [6, 6.07) is 21.6. The van der Waals surface area contributed by atoms with E-state index in [-0.39, 0.29) is 17.4 Å². The predicted octanol–water partition coefficient (Wildman–Crippen LogP) is 6.41. The van der Waals surface area contributed by atoms with Crippen molar-refractivity contribution in [3.63, 3.8) is 0 Å². The maximum atomic E-state index is 13.5.